The number of benzene rings is 1. The van der Waals surface area contributed by atoms with Crippen molar-refractivity contribution in [3.8, 4) is 0 Å². The van der Waals surface area contributed by atoms with Crippen molar-refractivity contribution in [3.63, 3.8) is 0 Å². The molecule has 4 atom stereocenters. The van der Waals surface area contributed by atoms with Gasteiger partial charge in [-0.2, -0.15) is 0 Å². The molecule has 4 rings (SSSR count). The lowest BCUT2D eigenvalue weighted by atomic mass is 9.82. The number of carbonyl (C=O) groups excluding carboxylic acids is 1. The van der Waals surface area contributed by atoms with Crippen LogP contribution in [0.1, 0.15) is 11.1 Å². The van der Waals surface area contributed by atoms with Crippen molar-refractivity contribution in [2.45, 2.75) is 26.1 Å². The zero-order valence-electron chi connectivity index (χ0n) is 15.1. The summed E-state index contributed by atoms with van der Waals surface area (Å²) in [5.74, 6) is -2.41. The van der Waals surface area contributed by atoms with Gasteiger partial charge in [0.15, 0.2) is 0 Å². The zero-order chi connectivity index (χ0) is 18.4. The van der Waals surface area contributed by atoms with Crippen LogP contribution in [0.25, 0.3) is 0 Å². The Bertz CT molecular complexity index is 767. The smallest absolute Gasteiger partial charge is 0.310 e. The van der Waals surface area contributed by atoms with Crippen molar-refractivity contribution in [2.75, 3.05) is 31.1 Å². The molecule has 0 saturated carbocycles. The first-order chi connectivity index (χ1) is 12.5. The SMILES string of the molecule is Cc1cccc(N2CCN(C(=O)[C@H]3[C@@H](C(=O)O)[C@@H]4C=C[C@H]3O4)CC2)c1C. The Morgan fingerprint density at radius 1 is 1.04 bits per heavy atom. The van der Waals surface area contributed by atoms with E-state index in [1.54, 1.807) is 11.0 Å². The fourth-order valence-electron chi connectivity index (χ4n) is 4.35. The molecule has 6 heteroatoms. The number of aliphatic carboxylic acids is 1. The molecule has 1 aromatic rings. The first-order valence-electron chi connectivity index (χ1n) is 9.14. The highest BCUT2D eigenvalue weighted by molar-refractivity contribution is 5.87. The monoisotopic (exact) mass is 356 g/mol. The van der Waals surface area contributed by atoms with Crippen molar-refractivity contribution in [3.05, 3.63) is 41.5 Å². The van der Waals surface area contributed by atoms with Gasteiger partial charge in [0.05, 0.1) is 18.1 Å². The fraction of sp³-hybridized carbons (Fsp3) is 0.500. The molecule has 3 aliphatic rings. The predicted molar refractivity (Wildman–Crippen MR) is 97.1 cm³/mol. The van der Waals surface area contributed by atoms with E-state index < -0.39 is 30.0 Å². The number of carboxylic acids is 1. The molecule has 138 valence electrons. The highest BCUT2D eigenvalue weighted by Crippen LogP contribution is 2.40. The van der Waals surface area contributed by atoms with E-state index >= 15 is 0 Å². The summed E-state index contributed by atoms with van der Waals surface area (Å²) in [6.07, 6.45) is 2.73. The molecule has 0 unspecified atom stereocenters. The van der Waals surface area contributed by atoms with Crippen LogP contribution in [0.5, 0.6) is 0 Å². The highest BCUT2D eigenvalue weighted by Gasteiger charge is 2.54. The lowest BCUT2D eigenvalue weighted by Crippen LogP contribution is -2.53. The minimum Gasteiger partial charge on any atom is -0.481 e. The van der Waals surface area contributed by atoms with E-state index in [0.29, 0.717) is 13.1 Å². The summed E-state index contributed by atoms with van der Waals surface area (Å²) in [5, 5.41) is 9.51. The first kappa shape index (κ1) is 17.1. The maximum Gasteiger partial charge on any atom is 0.310 e. The van der Waals surface area contributed by atoms with Gasteiger partial charge in [-0.3, -0.25) is 9.59 Å². The molecule has 0 radical (unpaired) electrons. The second kappa shape index (κ2) is 6.43. The predicted octanol–water partition coefficient (Wildman–Crippen LogP) is 1.61. The van der Waals surface area contributed by atoms with Crippen LogP contribution in [-0.4, -0.2) is 60.3 Å². The van der Waals surface area contributed by atoms with Gasteiger partial charge in [0.2, 0.25) is 5.91 Å². The molecule has 0 aromatic heterocycles. The van der Waals surface area contributed by atoms with E-state index in [0.717, 1.165) is 13.1 Å². The maximum absolute atomic E-state index is 13.0. The summed E-state index contributed by atoms with van der Waals surface area (Å²) in [5.41, 5.74) is 3.74. The van der Waals surface area contributed by atoms with Crippen molar-refractivity contribution < 1.29 is 19.4 Å². The number of aryl methyl sites for hydroxylation is 1. The Hall–Kier alpha value is -2.34. The molecule has 26 heavy (non-hydrogen) atoms. The first-order valence-corrected chi connectivity index (χ1v) is 9.14. The average molecular weight is 356 g/mol. The number of hydrogen-bond donors (Lipinski definition) is 1. The third-order valence-corrected chi connectivity index (χ3v) is 5.98. The van der Waals surface area contributed by atoms with Crippen LogP contribution < -0.4 is 4.90 Å². The van der Waals surface area contributed by atoms with Gasteiger partial charge in [0.1, 0.15) is 5.92 Å². The van der Waals surface area contributed by atoms with Gasteiger partial charge in [-0.25, -0.2) is 0 Å². The van der Waals surface area contributed by atoms with Crippen LogP contribution in [0, 0.1) is 25.7 Å². The van der Waals surface area contributed by atoms with Gasteiger partial charge in [-0.05, 0) is 31.0 Å². The van der Waals surface area contributed by atoms with Gasteiger partial charge < -0.3 is 19.6 Å². The van der Waals surface area contributed by atoms with Gasteiger partial charge in [0, 0.05) is 31.9 Å². The van der Waals surface area contributed by atoms with Crippen LogP contribution in [0.15, 0.2) is 30.4 Å². The number of ether oxygens (including phenoxy) is 1. The van der Waals surface area contributed by atoms with Crippen molar-refractivity contribution >= 4 is 17.6 Å². The van der Waals surface area contributed by atoms with E-state index in [2.05, 4.69) is 36.9 Å². The number of amides is 1. The largest absolute Gasteiger partial charge is 0.481 e. The van der Waals surface area contributed by atoms with Crippen LogP contribution in [0.3, 0.4) is 0 Å². The lowest BCUT2D eigenvalue weighted by molar-refractivity contribution is -0.149. The van der Waals surface area contributed by atoms with Crippen LogP contribution in [-0.2, 0) is 14.3 Å². The summed E-state index contributed by atoms with van der Waals surface area (Å²) in [6, 6.07) is 6.29. The fourth-order valence-corrected chi connectivity index (χ4v) is 4.35. The van der Waals surface area contributed by atoms with Crippen molar-refractivity contribution in [2.24, 2.45) is 11.8 Å². The number of fused-ring (bicyclic) bond motifs is 2. The second-order valence-electron chi connectivity index (χ2n) is 7.37. The van der Waals surface area contributed by atoms with Gasteiger partial charge in [0.25, 0.3) is 0 Å². The number of carboxylic acid groups (broad SMARTS) is 1. The summed E-state index contributed by atoms with van der Waals surface area (Å²) in [4.78, 5) is 28.7. The van der Waals surface area contributed by atoms with Crippen LogP contribution in [0.4, 0.5) is 5.69 Å². The van der Waals surface area contributed by atoms with E-state index in [9.17, 15) is 14.7 Å². The van der Waals surface area contributed by atoms with Gasteiger partial charge in [-0.1, -0.05) is 24.3 Å². The summed E-state index contributed by atoms with van der Waals surface area (Å²) in [6.45, 7) is 6.95. The average Bonchev–Trinajstić information content (AvgIpc) is 3.25. The highest BCUT2D eigenvalue weighted by atomic mass is 16.5. The molecule has 3 heterocycles. The molecule has 6 nitrogen and oxygen atoms in total. The number of rotatable bonds is 3. The lowest BCUT2D eigenvalue weighted by Gasteiger charge is -2.39. The number of nitrogens with zero attached hydrogens (tertiary/aromatic N) is 2. The molecule has 2 bridgehead atoms. The number of anilines is 1. The third-order valence-electron chi connectivity index (χ3n) is 5.98. The zero-order valence-corrected chi connectivity index (χ0v) is 15.1. The molecule has 1 aromatic carbocycles. The summed E-state index contributed by atoms with van der Waals surface area (Å²) < 4.78 is 5.64. The summed E-state index contributed by atoms with van der Waals surface area (Å²) >= 11 is 0. The Labute approximate surface area is 153 Å². The molecule has 2 saturated heterocycles. The van der Waals surface area contributed by atoms with E-state index in [1.165, 1.54) is 16.8 Å². The molecule has 0 aliphatic carbocycles. The maximum atomic E-state index is 13.0. The van der Waals surface area contributed by atoms with E-state index in [1.807, 2.05) is 6.08 Å². The normalized spacial score (nSPS) is 30.1. The Kier molecular flexibility index (Phi) is 4.23. The Balaban J connectivity index is 1.45. The van der Waals surface area contributed by atoms with Gasteiger partial charge >= 0.3 is 5.97 Å². The molecule has 1 N–H and O–H groups in total. The standard InChI is InChI=1S/C20H24N2O4/c1-12-4-3-5-14(13(12)2)21-8-10-22(11-9-21)19(23)17-15-6-7-16(26-15)18(17)20(24)25/h3-7,15-18H,8-11H2,1-2H3,(H,24,25)/t15-,16+,17-,18+/m1/s1. The Morgan fingerprint density at radius 3 is 2.35 bits per heavy atom. The molecule has 0 spiro atoms. The van der Waals surface area contributed by atoms with Gasteiger partial charge in [-0.15, -0.1) is 0 Å². The Morgan fingerprint density at radius 2 is 1.69 bits per heavy atom. The van der Waals surface area contributed by atoms with Crippen molar-refractivity contribution in [1.82, 2.24) is 4.90 Å². The molecule has 1 amide bonds. The number of hydrogen-bond acceptors (Lipinski definition) is 4. The van der Waals surface area contributed by atoms with Crippen LogP contribution >= 0.6 is 0 Å². The van der Waals surface area contributed by atoms with E-state index in [4.69, 9.17) is 4.74 Å². The topological polar surface area (TPSA) is 70.1 Å². The van der Waals surface area contributed by atoms with Crippen molar-refractivity contribution in [1.29, 1.82) is 0 Å². The third kappa shape index (κ3) is 2.69. The molecule has 2 fully saturated rings. The minimum absolute atomic E-state index is 0.0881. The quantitative estimate of drug-likeness (QED) is 0.833. The molecular weight excluding hydrogens is 332 g/mol. The second-order valence-corrected chi connectivity index (χ2v) is 7.37. The molecule has 3 aliphatic heterocycles. The summed E-state index contributed by atoms with van der Waals surface area (Å²) in [7, 11) is 0. The number of carbonyl (C=O) groups is 2. The van der Waals surface area contributed by atoms with E-state index in [-0.39, 0.29) is 5.91 Å². The minimum atomic E-state index is -0.950. The van der Waals surface area contributed by atoms with Crippen LogP contribution in [0.2, 0.25) is 0 Å². The number of piperazine rings is 1. The molecular formula is C20H24N2O4.